The Morgan fingerprint density at radius 2 is 2.09 bits per heavy atom. The van der Waals surface area contributed by atoms with Crippen LogP contribution >= 0.6 is 0 Å². The largest absolute Gasteiger partial charge is 0.507 e. The van der Waals surface area contributed by atoms with Gasteiger partial charge in [0.2, 0.25) is 0 Å². The Morgan fingerprint density at radius 3 is 2.65 bits per heavy atom. The van der Waals surface area contributed by atoms with E-state index in [2.05, 4.69) is 4.98 Å². The highest BCUT2D eigenvalue weighted by Gasteiger charge is 2.18. The number of aromatic hydroxyl groups is 1. The van der Waals surface area contributed by atoms with E-state index in [4.69, 9.17) is 4.74 Å². The molecule has 0 fully saturated rings. The maximum absolute atomic E-state index is 12.5. The summed E-state index contributed by atoms with van der Waals surface area (Å²) in [7, 11) is 3.74. The van der Waals surface area contributed by atoms with Crippen molar-refractivity contribution in [2.75, 3.05) is 20.7 Å². The Bertz CT molecular complexity index is 832. The van der Waals surface area contributed by atoms with Crippen LogP contribution in [-0.4, -0.2) is 41.7 Å². The zero-order valence-corrected chi connectivity index (χ0v) is 14.3. The maximum Gasteiger partial charge on any atom is 0.340 e. The molecule has 0 saturated heterocycles. The number of hydrogen-bond acceptors (Lipinski definition) is 4. The number of H-pyrrole nitrogens is 1. The van der Waals surface area contributed by atoms with Gasteiger partial charge in [-0.1, -0.05) is 19.9 Å². The third kappa shape index (κ3) is 3.50. The lowest BCUT2D eigenvalue weighted by Gasteiger charge is -2.07. The number of ether oxygens (including phenoxy) is 1. The maximum atomic E-state index is 12.5. The number of phenols is 1. The summed E-state index contributed by atoms with van der Waals surface area (Å²) >= 11 is 0. The van der Waals surface area contributed by atoms with Crippen LogP contribution in [0.5, 0.6) is 5.75 Å². The number of aromatic nitrogens is 1. The number of nitrogens with one attached hydrogen (secondary N) is 1. The zero-order chi connectivity index (χ0) is 17.1. The summed E-state index contributed by atoms with van der Waals surface area (Å²) in [5.41, 5.74) is 1.27. The van der Waals surface area contributed by atoms with E-state index in [1.807, 2.05) is 38.9 Å². The molecular formula is C18H24N2O3. The van der Waals surface area contributed by atoms with Gasteiger partial charge in [-0.3, -0.25) is 0 Å². The summed E-state index contributed by atoms with van der Waals surface area (Å²) in [6, 6.07) is 3.40. The van der Waals surface area contributed by atoms with Gasteiger partial charge >= 0.3 is 5.97 Å². The average molecular weight is 316 g/mol. The monoisotopic (exact) mass is 316 g/mol. The van der Waals surface area contributed by atoms with Crippen molar-refractivity contribution in [1.82, 2.24) is 9.88 Å². The molecule has 0 aliphatic carbocycles. The Kier molecular flexibility index (Phi) is 4.98. The van der Waals surface area contributed by atoms with Crippen LogP contribution in [-0.2, 0) is 4.74 Å². The molecule has 1 aromatic carbocycles. The van der Waals surface area contributed by atoms with Gasteiger partial charge in [-0.15, -0.1) is 0 Å². The SMILES string of the molecule is CCOC(=O)c1c(=CC(C)C)[nH]c2ccc(O)c(=CN(C)C)c12. The summed E-state index contributed by atoms with van der Waals surface area (Å²) in [5, 5.41) is 12.3. The van der Waals surface area contributed by atoms with Crippen molar-refractivity contribution in [3.63, 3.8) is 0 Å². The molecule has 2 aromatic rings. The molecule has 5 heteroatoms. The second-order valence-electron chi connectivity index (χ2n) is 6.06. The van der Waals surface area contributed by atoms with Crippen LogP contribution in [0.15, 0.2) is 12.1 Å². The molecule has 0 bridgehead atoms. The molecule has 0 unspecified atom stereocenters. The molecule has 0 aliphatic heterocycles. The summed E-state index contributed by atoms with van der Waals surface area (Å²) in [6.45, 7) is 6.18. The van der Waals surface area contributed by atoms with E-state index in [0.29, 0.717) is 22.8 Å². The lowest BCUT2D eigenvalue weighted by molar-refractivity contribution is 0.0527. The number of hydrogen-bond donors (Lipinski definition) is 2. The first-order chi connectivity index (χ1) is 10.8. The fourth-order valence-corrected chi connectivity index (χ4v) is 2.59. The minimum atomic E-state index is -0.385. The van der Waals surface area contributed by atoms with Crippen LogP contribution in [0, 0.1) is 5.92 Å². The number of benzene rings is 1. The van der Waals surface area contributed by atoms with Gasteiger partial charge in [0.15, 0.2) is 0 Å². The van der Waals surface area contributed by atoms with E-state index in [9.17, 15) is 9.90 Å². The minimum Gasteiger partial charge on any atom is -0.507 e. The molecule has 124 valence electrons. The van der Waals surface area contributed by atoms with E-state index < -0.39 is 0 Å². The van der Waals surface area contributed by atoms with Gasteiger partial charge in [-0.25, -0.2) is 4.79 Å². The number of carbonyl (C=O) groups excluding carboxylic acids is 1. The molecule has 5 nitrogen and oxygen atoms in total. The summed E-state index contributed by atoms with van der Waals surface area (Å²) in [4.78, 5) is 17.6. The Morgan fingerprint density at radius 1 is 1.39 bits per heavy atom. The molecule has 0 amide bonds. The number of esters is 1. The van der Waals surface area contributed by atoms with Crippen molar-refractivity contribution >= 4 is 29.1 Å². The number of aromatic amines is 1. The first-order valence-electron chi connectivity index (χ1n) is 7.76. The quantitative estimate of drug-likeness (QED) is 0.844. The van der Waals surface area contributed by atoms with Gasteiger partial charge in [0.1, 0.15) is 5.75 Å². The molecule has 1 aromatic heterocycles. The van der Waals surface area contributed by atoms with Crippen LogP contribution in [0.2, 0.25) is 0 Å². The van der Waals surface area contributed by atoms with Crippen LogP contribution < -0.4 is 10.6 Å². The minimum absolute atomic E-state index is 0.131. The highest BCUT2D eigenvalue weighted by Crippen LogP contribution is 2.16. The van der Waals surface area contributed by atoms with Gasteiger partial charge in [-0.2, -0.15) is 0 Å². The van der Waals surface area contributed by atoms with E-state index in [0.717, 1.165) is 10.9 Å². The first-order valence-corrected chi connectivity index (χ1v) is 7.76. The Balaban J connectivity index is 2.96. The molecular weight excluding hydrogens is 292 g/mol. The molecule has 0 radical (unpaired) electrons. The highest BCUT2D eigenvalue weighted by atomic mass is 16.5. The van der Waals surface area contributed by atoms with Crippen molar-refractivity contribution in [1.29, 1.82) is 0 Å². The number of phenolic OH excluding ortho intramolecular Hbond substituents is 1. The summed E-state index contributed by atoms with van der Waals surface area (Å²) in [6.07, 6.45) is 3.79. The van der Waals surface area contributed by atoms with Crippen molar-refractivity contribution in [3.05, 3.63) is 28.3 Å². The van der Waals surface area contributed by atoms with Gasteiger partial charge < -0.3 is 19.7 Å². The van der Waals surface area contributed by atoms with E-state index in [1.165, 1.54) is 0 Å². The molecule has 23 heavy (non-hydrogen) atoms. The zero-order valence-electron chi connectivity index (χ0n) is 14.3. The fourth-order valence-electron chi connectivity index (χ4n) is 2.59. The van der Waals surface area contributed by atoms with E-state index in [-0.39, 0.29) is 17.6 Å². The van der Waals surface area contributed by atoms with Crippen LogP contribution in [0.3, 0.4) is 0 Å². The number of fused-ring (bicyclic) bond motifs is 1. The third-order valence-corrected chi connectivity index (χ3v) is 3.38. The smallest absolute Gasteiger partial charge is 0.340 e. The van der Waals surface area contributed by atoms with Gasteiger partial charge in [0.05, 0.1) is 17.5 Å². The number of nitrogens with zero attached hydrogens (tertiary/aromatic N) is 1. The standard InChI is InChI=1S/C18H24N2O3/c1-6-23-18(22)17-14(9-11(2)3)19-13-7-8-15(21)12(16(13)17)10-20(4)5/h7-11,19,21H,6H2,1-5H3. The second-order valence-corrected chi connectivity index (χ2v) is 6.06. The third-order valence-electron chi connectivity index (χ3n) is 3.38. The number of rotatable bonds is 4. The Hall–Kier alpha value is -2.43. The normalized spacial score (nSPS) is 13.1. The lowest BCUT2D eigenvalue weighted by Crippen LogP contribution is -2.20. The molecule has 0 saturated carbocycles. The lowest BCUT2D eigenvalue weighted by atomic mass is 10.1. The van der Waals surface area contributed by atoms with Crippen LogP contribution in [0.4, 0.5) is 0 Å². The van der Waals surface area contributed by atoms with E-state index >= 15 is 0 Å². The highest BCUT2D eigenvalue weighted by molar-refractivity contribution is 6.05. The fraction of sp³-hybridized carbons (Fsp3) is 0.389. The predicted molar refractivity (Wildman–Crippen MR) is 92.6 cm³/mol. The molecule has 1 heterocycles. The van der Waals surface area contributed by atoms with Crippen molar-refractivity contribution < 1.29 is 14.6 Å². The molecule has 0 aliphatic rings. The van der Waals surface area contributed by atoms with Crippen molar-refractivity contribution in [2.45, 2.75) is 20.8 Å². The van der Waals surface area contributed by atoms with Crippen molar-refractivity contribution in [2.24, 2.45) is 5.92 Å². The molecule has 2 N–H and O–H groups in total. The number of carbonyl (C=O) groups is 1. The molecule has 0 spiro atoms. The first kappa shape index (κ1) is 16.9. The van der Waals surface area contributed by atoms with Crippen LogP contribution in [0.1, 0.15) is 31.1 Å². The summed E-state index contributed by atoms with van der Waals surface area (Å²) < 4.78 is 5.23. The van der Waals surface area contributed by atoms with Gasteiger partial charge in [0.25, 0.3) is 0 Å². The van der Waals surface area contributed by atoms with Crippen LogP contribution in [0.25, 0.3) is 23.2 Å². The van der Waals surface area contributed by atoms with Gasteiger partial charge in [0, 0.05) is 36.4 Å². The van der Waals surface area contributed by atoms with Crippen molar-refractivity contribution in [3.8, 4) is 5.75 Å². The molecule has 2 rings (SSSR count). The topological polar surface area (TPSA) is 65.6 Å². The second kappa shape index (κ2) is 6.77. The molecule has 0 atom stereocenters. The van der Waals surface area contributed by atoms with Gasteiger partial charge in [-0.05, 0) is 25.0 Å². The summed E-state index contributed by atoms with van der Waals surface area (Å²) in [5.74, 6) is 0.0163. The predicted octanol–water partition coefficient (Wildman–Crippen LogP) is 1.79. The average Bonchev–Trinajstić information content (AvgIpc) is 2.79. The Labute approximate surface area is 135 Å². The van der Waals surface area contributed by atoms with E-state index in [1.54, 1.807) is 25.3 Å².